The summed E-state index contributed by atoms with van der Waals surface area (Å²) >= 11 is 3.47. The highest BCUT2D eigenvalue weighted by Gasteiger charge is 2.30. The second kappa shape index (κ2) is 6.85. The zero-order valence-electron chi connectivity index (χ0n) is 14.0. The van der Waals surface area contributed by atoms with Gasteiger partial charge in [0.2, 0.25) is 0 Å². The molecule has 1 amide bonds. The minimum Gasteiger partial charge on any atom is -0.493 e. The fourth-order valence-corrected chi connectivity index (χ4v) is 3.67. The van der Waals surface area contributed by atoms with Crippen LogP contribution in [0.15, 0.2) is 40.9 Å². The molecule has 0 spiro atoms. The van der Waals surface area contributed by atoms with E-state index < -0.39 is 0 Å². The first-order valence-corrected chi connectivity index (χ1v) is 8.66. The van der Waals surface area contributed by atoms with E-state index in [0.717, 1.165) is 22.2 Å². The second-order valence-corrected chi connectivity index (χ2v) is 6.66. The molecule has 0 aromatic heterocycles. The van der Waals surface area contributed by atoms with Gasteiger partial charge in [-0.05, 0) is 64.7 Å². The zero-order valence-corrected chi connectivity index (χ0v) is 15.6. The number of amides is 1. The van der Waals surface area contributed by atoms with Crippen LogP contribution in [0.1, 0.15) is 34.5 Å². The predicted octanol–water partition coefficient (Wildman–Crippen LogP) is 4.23. The van der Waals surface area contributed by atoms with E-state index in [4.69, 9.17) is 9.47 Å². The molecule has 1 atom stereocenters. The van der Waals surface area contributed by atoms with Crippen molar-refractivity contribution >= 4 is 21.8 Å². The number of nitrogens with zero attached hydrogens (tertiary/aromatic N) is 1. The van der Waals surface area contributed by atoms with Crippen LogP contribution in [0.5, 0.6) is 11.5 Å². The van der Waals surface area contributed by atoms with Gasteiger partial charge in [-0.1, -0.05) is 12.1 Å². The number of halogens is 1. The first-order valence-electron chi connectivity index (χ1n) is 7.87. The molecule has 3 rings (SSSR count). The lowest BCUT2D eigenvalue weighted by Crippen LogP contribution is -2.39. The Morgan fingerprint density at radius 2 is 1.83 bits per heavy atom. The number of carbonyl (C=O) groups is 1. The Kier molecular flexibility index (Phi) is 4.81. The quantitative estimate of drug-likeness (QED) is 0.788. The third kappa shape index (κ3) is 2.88. The second-order valence-electron chi connectivity index (χ2n) is 5.81. The van der Waals surface area contributed by atoms with E-state index in [9.17, 15) is 4.79 Å². The minimum atomic E-state index is -0.0202. The van der Waals surface area contributed by atoms with Gasteiger partial charge in [-0.25, -0.2) is 0 Å². The largest absolute Gasteiger partial charge is 0.493 e. The van der Waals surface area contributed by atoms with Crippen LogP contribution in [0, 0.1) is 0 Å². The molecular weight excluding hydrogens is 370 g/mol. The summed E-state index contributed by atoms with van der Waals surface area (Å²) < 4.78 is 11.6. The molecular formula is C19H20BrNO3. The molecule has 0 N–H and O–H groups in total. The highest BCUT2D eigenvalue weighted by Crippen LogP contribution is 2.38. The van der Waals surface area contributed by atoms with Crippen molar-refractivity contribution in [1.29, 1.82) is 0 Å². The topological polar surface area (TPSA) is 38.8 Å². The van der Waals surface area contributed by atoms with E-state index in [1.807, 2.05) is 41.3 Å². The summed E-state index contributed by atoms with van der Waals surface area (Å²) in [4.78, 5) is 14.9. The summed E-state index contributed by atoms with van der Waals surface area (Å²) in [5.74, 6) is 1.46. The number of ether oxygens (including phenoxy) is 2. The van der Waals surface area contributed by atoms with E-state index >= 15 is 0 Å². The van der Waals surface area contributed by atoms with E-state index in [1.165, 1.54) is 5.56 Å². The summed E-state index contributed by atoms with van der Waals surface area (Å²) in [5, 5.41) is 0. The molecule has 5 heteroatoms. The van der Waals surface area contributed by atoms with Crippen molar-refractivity contribution < 1.29 is 14.3 Å². The number of hydrogen-bond acceptors (Lipinski definition) is 3. The molecule has 0 unspecified atom stereocenters. The zero-order chi connectivity index (χ0) is 17.3. The van der Waals surface area contributed by atoms with Crippen LogP contribution >= 0.6 is 15.9 Å². The maximum atomic E-state index is 13.0. The molecule has 126 valence electrons. The van der Waals surface area contributed by atoms with E-state index in [0.29, 0.717) is 17.9 Å². The van der Waals surface area contributed by atoms with Crippen LogP contribution in [0.2, 0.25) is 0 Å². The molecule has 24 heavy (non-hydrogen) atoms. The average Bonchev–Trinajstić information content (AvgIpc) is 2.61. The molecule has 0 aliphatic carbocycles. The lowest BCUT2D eigenvalue weighted by molar-refractivity contribution is 0.0676. The van der Waals surface area contributed by atoms with Gasteiger partial charge in [0.25, 0.3) is 5.91 Å². The van der Waals surface area contributed by atoms with Crippen molar-refractivity contribution in [1.82, 2.24) is 4.90 Å². The van der Waals surface area contributed by atoms with E-state index in [-0.39, 0.29) is 11.9 Å². The number of methoxy groups -OCH3 is 2. The van der Waals surface area contributed by atoms with Gasteiger partial charge < -0.3 is 14.4 Å². The third-order valence-corrected chi connectivity index (χ3v) is 5.24. The van der Waals surface area contributed by atoms with Crippen molar-refractivity contribution in [2.45, 2.75) is 19.4 Å². The van der Waals surface area contributed by atoms with Crippen LogP contribution < -0.4 is 9.47 Å². The van der Waals surface area contributed by atoms with Gasteiger partial charge in [-0.3, -0.25) is 4.79 Å². The Labute approximate surface area is 150 Å². The Morgan fingerprint density at radius 1 is 1.17 bits per heavy atom. The molecule has 0 saturated heterocycles. The molecule has 2 aromatic carbocycles. The maximum absolute atomic E-state index is 13.0. The summed E-state index contributed by atoms with van der Waals surface area (Å²) in [6.45, 7) is 2.74. The van der Waals surface area contributed by atoms with Crippen LogP contribution in [-0.4, -0.2) is 31.6 Å². The van der Waals surface area contributed by atoms with Gasteiger partial charge in [0.1, 0.15) is 0 Å². The number of carbonyl (C=O) groups excluding carboxylic acids is 1. The van der Waals surface area contributed by atoms with E-state index in [1.54, 1.807) is 14.2 Å². The van der Waals surface area contributed by atoms with Crippen molar-refractivity contribution in [2.24, 2.45) is 0 Å². The number of fused-ring (bicyclic) bond motifs is 1. The highest BCUT2D eigenvalue weighted by molar-refractivity contribution is 9.10. The Bertz CT molecular complexity index is 775. The minimum absolute atomic E-state index is 0.0202. The lowest BCUT2D eigenvalue weighted by atomic mass is 9.92. The van der Waals surface area contributed by atoms with Crippen molar-refractivity contribution in [3.63, 3.8) is 0 Å². The van der Waals surface area contributed by atoms with Crippen molar-refractivity contribution in [3.8, 4) is 11.5 Å². The van der Waals surface area contributed by atoms with Crippen LogP contribution in [-0.2, 0) is 6.42 Å². The normalized spacial score (nSPS) is 16.5. The van der Waals surface area contributed by atoms with Crippen molar-refractivity contribution in [2.75, 3.05) is 20.8 Å². The summed E-state index contributed by atoms with van der Waals surface area (Å²) in [6.07, 6.45) is 0.802. The van der Waals surface area contributed by atoms with Gasteiger partial charge in [-0.2, -0.15) is 0 Å². The third-order valence-electron chi connectivity index (χ3n) is 4.55. The number of rotatable bonds is 3. The van der Waals surface area contributed by atoms with Crippen LogP contribution in [0.25, 0.3) is 0 Å². The molecule has 0 bridgehead atoms. The molecule has 1 aliphatic heterocycles. The van der Waals surface area contributed by atoms with Crippen LogP contribution in [0.4, 0.5) is 0 Å². The Balaban J connectivity index is 1.96. The van der Waals surface area contributed by atoms with Gasteiger partial charge in [-0.15, -0.1) is 0 Å². The smallest absolute Gasteiger partial charge is 0.255 e. The van der Waals surface area contributed by atoms with Crippen LogP contribution in [0.3, 0.4) is 0 Å². The van der Waals surface area contributed by atoms with Gasteiger partial charge >= 0.3 is 0 Å². The lowest BCUT2D eigenvalue weighted by Gasteiger charge is -2.36. The first kappa shape index (κ1) is 16.8. The maximum Gasteiger partial charge on any atom is 0.255 e. The Hall–Kier alpha value is -2.01. The monoisotopic (exact) mass is 389 g/mol. The Morgan fingerprint density at radius 3 is 2.50 bits per heavy atom. The summed E-state index contributed by atoms with van der Waals surface area (Å²) in [6, 6.07) is 11.5. The highest BCUT2D eigenvalue weighted by atomic mass is 79.9. The summed E-state index contributed by atoms with van der Waals surface area (Å²) in [5.41, 5.74) is 3.00. The standard InChI is InChI=1S/C19H20BrNO3/c1-12-15-11-18(24-3)17(23-2)10-13(15)8-9-21(12)19(22)14-6-4-5-7-16(14)20/h4-7,10-12H,8-9H2,1-3H3/t12-/m0/s1. The SMILES string of the molecule is COc1cc2c(cc1OC)[C@H](C)N(C(=O)c1ccccc1Br)CC2. The molecule has 1 heterocycles. The molecule has 1 aliphatic rings. The molecule has 2 aromatic rings. The molecule has 4 nitrogen and oxygen atoms in total. The molecule has 0 saturated carbocycles. The van der Waals surface area contributed by atoms with E-state index in [2.05, 4.69) is 22.9 Å². The number of hydrogen-bond donors (Lipinski definition) is 0. The molecule has 0 fully saturated rings. The predicted molar refractivity (Wildman–Crippen MR) is 96.8 cm³/mol. The fraction of sp³-hybridized carbons (Fsp3) is 0.316. The van der Waals surface area contributed by atoms with Gasteiger partial charge in [0, 0.05) is 11.0 Å². The van der Waals surface area contributed by atoms with Gasteiger partial charge in [0.15, 0.2) is 11.5 Å². The van der Waals surface area contributed by atoms with Gasteiger partial charge in [0.05, 0.1) is 25.8 Å². The number of benzene rings is 2. The molecule has 0 radical (unpaired) electrons. The fourth-order valence-electron chi connectivity index (χ4n) is 3.21. The average molecular weight is 390 g/mol. The van der Waals surface area contributed by atoms with Crippen molar-refractivity contribution in [3.05, 3.63) is 57.6 Å². The first-order chi connectivity index (χ1) is 11.6. The summed E-state index contributed by atoms with van der Waals surface area (Å²) in [7, 11) is 3.26.